The Hall–Kier alpha value is -3.51. The second-order valence-electron chi connectivity index (χ2n) is 10.3. The van der Waals surface area contributed by atoms with Crippen LogP contribution in [0, 0.1) is 0 Å². The highest BCUT2D eigenvalue weighted by atomic mass is 35.5. The number of carboxylic acid groups (broad SMARTS) is 1. The Balaban J connectivity index is 1.84. The molecular formula is C27H31ClF3N3O6. The fourth-order valence-corrected chi connectivity index (χ4v) is 4.23. The third-order valence-electron chi connectivity index (χ3n) is 5.96. The minimum absolute atomic E-state index is 0.0299. The van der Waals surface area contributed by atoms with Crippen molar-refractivity contribution in [3.63, 3.8) is 0 Å². The topological polar surface area (TPSA) is 108 Å². The summed E-state index contributed by atoms with van der Waals surface area (Å²) < 4.78 is 47.8. The molecule has 2 aromatic carbocycles. The Morgan fingerprint density at radius 1 is 1.15 bits per heavy atom. The molecule has 0 radical (unpaired) electrons. The Morgan fingerprint density at radius 3 is 2.42 bits per heavy atom. The highest BCUT2D eigenvalue weighted by Gasteiger charge is 2.34. The molecule has 218 valence electrons. The molecule has 2 N–H and O–H groups in total. The first-order valence-corrected chi connectivity index (χ1v) is 12.8. The van der Waals surface area contributed by atoms with Crippen LogP contribution in [0.3, 0.4) is 0 Å². The minimum Gasteiger partial charge on any atom is -0.484 e. The van der Waals surface area contributed by atoms with Crippen molar-refractivity contribution in [3.8, 4) is 5.75 Å². The van der Waals surface area contributed by atoms with Crippen LogP contribution in [0.15, 0.2) is 42.5 Å². The average Bonchev–Trinajstić information content (AvgIpc) is 3.00. The molecule has 0 saturated carbocycles. The smallest absolute Gasteiger partial charge is 0.422 e. The van der Waals surface area contributed by atoms with Gasteiger partial charge in [-0.05, 0) is 57.5 Å². The van der Waals surface area contributed by atoms with Gasteiger partial charge in [-0.15, -0.1) is 0 Å². The van der Waals surface area contributed by atoms with Crippen molar-refractivity contribution in [2.45, 2.75) is 58.1 Å². The molecule has 0 bridgehead atoms. The molecule has 2 aromatic rings. The van der Waals surface area contributed by atoms with E-state index < -0.39 is 48.4 Å². The third-order valence-corrected chi connectivity index (χ3v) is 6.27. The first-order chi connectivity index (χ1) is 18.6. The lowest BCUT2D eigenvalue weighted by molar-refractivity contribution is -0.153. The van der Waals surface area contributed by atoms with Crippen LogP contribution in [0.5, 0.6) is 5.75 Å². The zero-order valence-electron chi connectivity index (χ0n) is 22.4. The van der Waals surface area contributed by atoms with Gasteiger partial charge in [0.2, 0.25) is 0 Å². The molecule has 2 atom stereocenters. The summed E-state index contributed by atoms with van der Waals surface area (Å²) in [7, 11) is 0. The van der Waals surface area contributed by atoms with Gasteiger partial charge in [-0.2, -0.15) is 13.2 Å². The molecule has 3 amide bonds. The number of nitrogens with one attached hydrogen (secondary N) is 1. The first-order valence-electron chi connectivity index (χ1n) is 12.4. The van der Waals surface area contributed by atoms with E-state index in [0.29, 0.717) is 11.3 Å². The molecule has 0 aromatic heterocycles. The number of anilines is 1. The van der Waals surface area contributed by atoms with Crippen LogP contribution >= 0.6 is 11.6 Å². The number of alkyl halides is 3. The first kappa shape index (κ1) is 31.0. The van der Waals surface area contributed by atoms with Crippen LogP contribution in [0.4, 0.5) is 23.7 Å². The number of para-hydroxylation sites is 1. The molecule has 3 rings (SSSR count). The van der Waals surface area contributed by atoms with Crippen molar-refractivity contribution in [3.05, 3.63) is 58.6 Å². The van der Waals surface area contributed by atoms with Gasteiger partial charge in [0, 0.05) is 24.8 Å². The van der Waals surface area contributed by atoms with Crippen LogP contribution in [0.25, 0.3) is 0 Å². The number of halogens is 4. The summed E-state index contributed by atoms with van der Waals surface area (Å²) in [5.74, 6) is -1.93. The van der Waals surface area contributed by atoms with Crippen molar-refractivity contribution in [2.24, 2.45) is 0 Å². The highest BCUT2D eigenvalue weighted by Crippen LogP contribution is 2.31. The minimum atomic E-state index is -4.53. The normalized spacial score (nSPS) is 16.6. The van der Waals surface area contributed by atoms with Gasteiger partial charge in [-0.25, -0.2) is 9.59 Å². The van der Waals surface area contributed by atoms with Crippen molar-refractivity contribution in [1.82, 2.24) is 10.2 Å². The number of carbonyl (C=O) groups excluding carboxylic acids is 2. The van der Waals surface area contributed by atoms with Crippen molar-refractivity contribution < 1.29 is 42.1 Å². The van der Waals surface area contributed by atoms with E-state index >= 15 is 0 Å². The van der Waals surface area contributed by atoms with Crippen LogP contribution in [0.2, 0.25) is 5.02 Å². The van der Waals surface area contributed by atoms with Gasteiger partial charge < -0.3 is 29.7 Å². The number of rotatable bonds is 7. The molecule has 1 aliphatic heterocycles. The number of carboxylic acids is 1. The molecule has 0 fully saturated rings. The lowest BCUT2D eigenvalue weighted by atomic mass is 10.1. The fourth-order valence-electron chi connectivity index (χ4n) is 3.98. The Morgan fingerprint density at radius 2 is 1.82 bits per heavy atom. The molecule has 13 heteroatoms. The molecule has 40 heavy (non-hydrogen) atoms. The van der Waals surface area contributed by atoms with Gasteiger partial charge in [0.05, 0.1) is 22.8 Å². The van der Waals surface area contributed by atoms with Crippen molar-refractivity contribution in [2.75, 3.05) is 24.7 Å². The number of hydrogen-bond acceptors (Lipinski definition) is 5. The largest absolute Gasteiger partial charge is 0.484 e. The molecular weight excluding hydrogens is 555 g/mol. The lowest BCUT2D eigenvalue weighted by Gasteiger charge is -2.31. The van der Waals surface area contributed by atoms with E-state index in [2.05, 4.69) is 5.32 Å². The lowest BCUT2D eigenvalue weighted by Crippen LogP contribution is -2.53. The van der Waals surface area contributed by atoms with Gasteiger partial charge in [0.25, 0.3) is 5.91 Å². The van der Waals surface area contributed by atoms with E-state index in [1.807, 2.05) is 0 Å². The quantitative estimate of drug-likeness (QED) is 0.467. The Bertz CT molecular complexity index is 1250. The van der Waals surface area contributed by atoms with E-state index in [1.165, 1.54) is 21.9 Å². The molecule has 0 aliphatic carbocycles. The second-order valence-corrected chi connectivity index (χ2v) is 10.7. The maximum absolute atomic E-state index is 13.6. The Labute approximate surface area is 234 Å². The van der Waals surface area contributed by atoms with Gasteiger partial charge in [-0.3, -0.25) is 4.79 Å². The van der Waals surface area contributed by atoms with Crippen LogP contribution < -0.4 is 15.0 Å². The summed E-state index contributed by atoms with van der Waals surface area (Å²) in [5, 5.41) is 12.0. The van der Waals surface area contributed by atoms with Gasteiger partial charge in [0.1, 0.15) is 5.75 Å². The number of amides is 3. The standard InChI is InChI=1S/C27H31ClF3N3O6/c1-16-12-34(23(35)19-10-9-18(11-20(19)28)39-15-27(29,30)31)22-8-6-5-7-17(22)13-33(16)25(38)32-21(24(36)37)14-40-26(2,3)4/h5-11,16,21H,12-15H2,1-4H3,(H,32,38)(H,36,37)/t16-,21-/m1/s1. The predicted octanol–water partition coefficient (Wildman–Crippen LogP) is 5.11. The number of nitrogens with zero attached hydrogens (tertiary/aromatic N) is 2. The summed E-state index contributed by atoms with van der Waals surface area (Å²) in [6, 6.07) is 8.03. The summed E-state index contributed by atoms with van der Waals surface area (Å²) in [4.78, 5) is 41.5. The van der Waals surface area contributed by atoms with Gasteiger partial charge >= 0.3 is 18.2 Å². The van der Waals surface area contributed by atoms with Crippen LogP contribution in [-0.2, 0) is 16.1 Å². The molecule has 1 aliphatic rings. The highest BCUT2D eigenvalue weighted by molar-refractivity contribution is 6.34. The summed E-state index contributed by atoms with van der Waals surface area (Å²) in [6.07, 6.45) is -4.53. The molecule has 0 saturated heterocycles. The van der Waals surface area contributed by atoms with E-state index in [-0.39, 0.29) is 36.0 Å². The zero-order valence-corrected chi connectivity index (χ0v) is 23.2. The number of ether oxygens (including phenoxy) is 2. The summed E-state index contributed by atoms with van der Waals surface area (Å²) in [5.41, 5.74) is 0.549. The molecule has 0 unspecified atom stereocenters. The average molecular weight is 586 g/mol. The molecule has 0 spiro atoms. The van der Waals surface area contributed by atoms with Crippen molar-refractivity contribution >= 4 is 35.2 Å². The second kappa shape index (κ2) is 12.3. The molecule has 1 heterocycles. The van der Waals surface area contributed by atoms with Crippen LogP contribution in [-0.4, -0.2) is 71.5 Å². The van der Waals surface area contributed by atoms with E-state index in [1.54, 1.807) is 52.0 Å². The van der Waals surface area contributed by atoms with Gasteiger partial charge in [-0.1, -0.05) is 29.8 Å². The summed E-state index contributed by atoms with van der Waals surface area (Å²) in [6.45, 7) is 5.38. The fraction of sp³-hybridized carbons (Fsp3) is 0.444. The van der Waals surface area contributed by atoms with Crippen LogP contribution in [0.1, 0.15) is 43.6 Å². The number of urea groups is 1. The third kappa shape index (κ3) is 8.25. The van der Waals surface area contributed by atoms with E-state index in [4.69, 9.17) is 21.1 Å². The summed E-state index contributed by atoms with van der Waals surface area (Å²) >= 11 is 6.27. The molecule has 9 nitrogen and oxygen atoms in total. The van der Waals surface area contributed by atoms with Gasteiger partial charge in [0.15, 0.2) is 12.6 Å². The SMILES string of the molecule is C[C@@H]1CN(C(=O)c2ccc(OCC(F)(F)F)cc2Cl)c2ccccc2CN1C(=O)N[C@H](COC(C)(C)C)C(=O)O. The van der Waals surface area contributed by atoms with Crippen molar-refractivity contribution in [1.29, 1.82) is 0 Å². The monoisotopic (exact) mass is 585 g/mol. The Kier molecular flexibility index (Phi) is 9.57. The zero-order chi connectivity index (χ0) is 29.8. The number of carbonyl (C=O) groups is 3. The van der Waals surface area contributed by atoms with E-state index in [9.17, 15) is 32.7 Å². The maximum Gasteiger partial charge on any atom is 0.422 e. The number of hydrogen-bond donors (Lipinski definition) is 2. The number of benzene rings is 2. The predicted molar refractivity (Wildman–Crippen MR) is 142 cm³/mol. The van der Waals surface area contributed by atoms with E-state index in [0.717, 1.165) is 6.07 Å². The maximum atomic E-state index is 13.6. The number of fused-ring (bicyclic) bond motifs is 1. The number of aliphatic carboxylic acids is 1.